The van der Waals surface area contributed by atoms with Crippen molar-refractivity contribution in [3.8, 4) is 16.9 Å². The van der Waals surface area contributed by atoms with E-state index >= 15 is 0 Å². The highest BCUT2D eigenvalue weighted by molar-refractivity contribution is 5.71. The maximum atomic E-state index is 13.8. The monoisotopic (exact) mass is 245 g/mol. The van der Waals surface area contributed by atoms with Crippen molar-refractivity contribution in [3.05, 3.63) is 53.3 Å². The molecule has 0 unspecified atom stereocenters. The van der Waals surface area contributed by atoms with Gasteiger partial charge in [0.25, 0.3) is 0 Å². The van der Waals surface area contributed by atoms with Gasteiger partial charge in [0.15, 0.2) is 0 Å². The van der Waals surface area contributed by atoms with Crippen LogP contribution in [0.15, 0.2) is 36.4 Å². The minimum absolute atomic E-state index is 0.205. The Morgan fingerprint density at radius 1 is 1.17 bits per heavy atom. The van der Waals surface area contributed by atoms with Gasteiger partial charge in [-0.3, -0.25) is 0 Å². The average molecular weight is 245 g/mol. The number of rotatable bonds is 3. The molecule has 0 aliphatic rings. The Labute approximate surface area is 106 Å². The van der Waals surface area contributed by atoms with E-state index in [4.69, 9.17) is 10.5 Å². The first-order valence-electron chi connectivity index (χ1n) is 5.79. The Hall–Kier alpha value is -1.87. The molecule has 2 N–H and O–H groups in total. The minimum atomic E-state index is -0.279. The third-order valence-electron chi connectivity index (χ3n) is 2.94. The van der Waals surface area contributed by atoms with Crippen molar-refractivity contribution >= 4 is 0 Å². The highest BCUT2D eigenvalue weighted by Crippen LogP contribution is 2.31. The summed E-state index contributed by atoms with van der Waals surface area (Å²) in [5.74, 6) is 0.457. The van der Waals surface area contributed by atoms with Crippen LogP contribution in [-0.4, -0.2) is 7.11 Å². The second kappa shape index (κ2) is 5.19. The Morgan fingerprint density at radius 3 is 2.56 bits per heavy atom. The van der Waals surface area contributed by atoms with Gasteiger partial charge in [-0.25, -0.2) is 4.39 Å². The molecule has 2 nitrogen and oxygen atoms in total. The summed E-state index contributed by atoms with van der Waals surface area (Å²) >= 11 is 0. The van der Waals surface area contributed by atoms with Crippen LogP contribution in [0, 0.1) is 12.7 Å². The molecular formula is C15H16FNO. The number of nitrogens with two attached hydrogens (primary N) is 1. The summed E-state index contributed by atoms with van der Waals surface area (Å²) < 4.78 is 19.1. The molecule has 94 valence electrons. The van der Waals surface area contributed by atoms with E-state index in [2.05, 4.69) is 0 Å². The van der Waals surface area contributed by atoms with Crippen LogP contribution in [0.2, 0.25) is 0 Å². The zero-order valence-electron chi connectivity index (χ0n) is 10.5. The SMILES string of the molecule is COc1ccc(C)cc1-c1ccc(CN)c(F)c1. The molecule has 0 atom stereocenters. The molecule has 0 amide bonds. The third-order valence-corrected chi connectivity index (χ3v) is 2.94. The van der Waals surface area contributed by atoms with Gasteiger partial charge in [0.2, 0.25) is 0 Å². The summed E-state index contributed by atoms with van der Waals surface area (Å²) in [5.41, 5.74) is 8.76. The van der Waals surface area contributed by atoms with Crippen molar-refractivity contribution in [3.63, 3.8) is 0 Å². The number of hydrogen-bond donors (Lipinski definition) is 1. The summed E-state index contributed by atoms with van der Waals surface area (Å²) in [6, 6.07) is 10.9. The molecule has 0 spiro atoms. The van der Waals surface area contributed by atoms with Crippen LogP contribution in [-0.2, 0) is 6.54 Å². The van der Waals surface area contributed by atoms with Gasteiger partial charge in [0, 0.05) is 17.7 Å². The highest BCUT2D eigenvalue weighted by Gasteiger charge is 2.08. The molecule has 0 aliphatic heterocycles. The van der Waals surface area contributed by atoms with Crippen LogP contribution in [0.5, 0.6) is 5.75 Å². The molecule has 2 aromatic carbocycles. The number of ether oxygens (including phenoxy) is 1. The van der Waals surface area contributed by atoms with Gasteiger partial charge in [0.1, 0.15) is 11.6 Å². The van der Waals surface area contributed by atoms with E-state index in [0.29, 0.717) is 5.56 Å². The lowest BCUT2D eigenvalue weighted by molar-refractivity contribution is 0.416. The lowest BCUT2D eigenvalue weighted by Crippen LogP contribution is -1.99. The van der Waals surface area contributed by atoms with Crippen molar-refractivity contribution < 1.29 is 9.13 Å². The first kappa shape index (κ1) is 12.6. The van der Waals surface area contributed by atoms with E-state index in [1.165, 1.54) is 6.07 Å². The first-order valence-corrected chi connectivity index (χ1v) is 5.79. The van der Waals surface area contributed by atoms with E-state index in [0.717, 1.165) is 22.4 Å². The first-order chi connectivity index (χ1) is 8.65. The predicted molar refractivity (Wildman–Crippen MR) is 71.0 cm³/mol. The highest BCUT2D eigenvalue weighted by atomic mass is 19.1. The molecule has 0 fully saturated rings. The number of benzene rings is 2. The van der Waals surface area contributed by atoms with Crippen molar-refractivity contribution in [1.82, 2.24) is 0 Å². The largest absolute Gasteiger partial charge is 0.496 e. The summed E-state index contributed by atoms with van der Waals surface area (Å²) in [5, 5.41) is 0. The second-order valence-electron chi connectivity index (χ2n) is 4.21. The third kappa shape index (κ3) is 2.36. The quantitative estimate of drug-likeness (QED) is 0.900. The van der Waals surface area contributed by atoms with Crippen LogP contribution in [0.1, 0.15) is 11.1 Å². The Morgan fingerprint density at radius 2 is 1.94 bits per heavy atom. The standard InChI is InChI=1S/C15H16FNO/c1-10-3-6-15(18-2)13(7-10)11-4-5-12(9-17)14(16)8-11/h3-8H,9,17H2,1-2H3. The van der Waals surface area contributed by atoms with Crippen LogP contribution in [0.3, 0.4) is 0 Å². The molecule has 0 aliphatic carbocycles. The van der Waals surface area contributed by atoms with E-state index < -0.39 is 0 Å². The Balaban J connectivity index is 2.54. The van der Waals surface area contributed by atoms with Crippen LogP contribution in [0.4, 0.5) is 4.39 Å². The van der Waals surface area contributed by atoms with Gasteiger partial charge < -0.3 is 10.5 Å². The fraction of sp³-hybridized carbons (Fsp3) is 0.200. The van der Waals surface area contributed by atoms with Crippen molar-refractivity contribution in [2.24, 2.45) is 5.73 Å². The van der Waals surface area contributed by atoms with Gasteiger partial charge in [-0.2, -0.15) is 0 Å². The molecule has 2 aromatic rings. The molecule has 18 heavy (non-hydrogen) atoms. The maximum Gasteiger partial charge on any atom is 0.128 e. The fourth-order valence-electron chi connectivity index (χ4n) is 1.93. The molecule has 0 bridgehead atoms. The van der Waals surface area contributed by atoms with Gasteiger partial charge in [0.05, 0.1) is 7.11 Å². The second-order valence-corrected chi connectivity index (χ2v) is 4.21. The normalized spacial score (nSPS) is 10.4. The predicted octanol–water partition coefficient (Wildman–Crippen LogP) is 3.27. The van der Waals surface area contributed by atoms with Gasteiger partial charge in [-0.15, -0.1) is 0 Å². The number of aryl methyl sites for hydroxylation is 1. The molecule has 2 rings (SSSR count). The molecule has 0 saturated heterocycles. The van der Waals surface area contributed by atoms with Crippen LogP contribution in [0.25, 0.3) is 11.1 Å². The van der Waals surface area contributed by atoms with Crippen molar-refractivity contribution in [2.45, 2.75) is 13.5 Å². The summed E-state index contributed by atoms with van der Waals surface area (Å²) in [6.07, 6.45) is 0. The molecule has 3 heteroatoms. The van der Waals surface area contributed by atoms with Gasteiger partial charge in [-0.05, 0) is 30.7 Å². The number of hydrogen-bond acceptors (Lipinski definition) is 2. The fourth-order valence-corrected chi connectivity index (χ4v) is 1.93. The number of methoxy groups -OCH3 is 1. The topological polar surface area (TPSA) is 35.2 Å². The lowest BCUT2D eigenvalue weighted by Gasteiger charge is -2.10. The molecule has 0 aromatic heterocycles. The summed E-state index contributed by atoms with van der Waals surface area (Å²) in [7, 11) is 1.61. The smallest absolute Gasteiger partial charge is 0.128 e. The van der Waals surface area contributed by atoms with Crippen molar-refractivity contribution in [2.75, 3.05) is 7.11 Å². The zero-order chi connectivity index (χ0) is 13.1. The minimum Gasteiger partial charge on any atom is -0.496 e. The Kier molecular flexibility index (Phi) is 3.63. The number of halogens is 1. The summed E-state index contributed by atoms with van der Waals surface area (Å²) in [4.78, 5) is 0. The maximum absolute atomic E-state index is 13.8. The van der Waals surface area contributed by atoms with Crippen molar-refractivity contribution in [1.29, 1.82) is 0 Å². The van der Waals surface area contributed by atoms with E-state index in [1.54, 1.807) is 13.2 Å². The van der Waals surface area contributed by atoms with E-state index in [-0.39, 0.29) is 12.4 Å². The van der Waals surface area contributed by atoms with Gasteiger partial charge >= 0.3 is 0 Å². The lowest BCUT2D eigenvalue weighted by atomic mass is 10.0. The van der Waals surface area contributed by atoms with Crippen LogP contribution < -0.4 is 10.5 Å². The van der Waals surface area contributed by atoms with E-state index in [9.17, 15) is 4.39 Å². The zero-order valence-corrected chi connectivity index (χ0v) is 10.5. The molecule has 0 saturated carbocycles. The average Bonchev–Trinajstić information content (AvgIpc) is 2.38. The van der Waals surface area contributed by atoms with Crippen LogP contribution >= 0.6 is 0 Å². The molecule has 0 radical (unpaired) electrons. The van der Waals surface area contributed by atoms with Gasteiger partial charge in [-0.1, -0.05) is 23.8 Å². The molecular weight excluding hydrogens is 229 g/mol. The summed E-state index contributed by atoms with van der Waals surface area (Å²) in [6.45, 7) is 2.20. The van der Waals surface area contributed by atoms with E-state index in [1.807, 2.05) is 31.2 Å². The molecule has 0 heterocycles. The Bertz CT molecular complexity index is 566.